The lowest BCUT2D eigenvalue weighted by atomic mass is 10.3. The lowest BCUT2D eigenvalue weighted by Gasteiger charge is -2.10. The maximum Gasteiger partial charge on any atom is 0.277 e. The molecule has 8 heteroatoms. The predicted octanol–water partition coefficient (Wildman–Crippen LogP) is 3.34. The van der Waals surface area contributed by atoms with Gasteiger partial charge >= 0.3 is 0 Å². The summed E-state index contributed by atoms with van der Waals surface area (Å²) in [6.07, 6.45) is 2.10. The van der Waals surface area contributed by atoms with Crippen LogP contribution in [0.5, 0.6) is 0 Å². The number of rotatable bonds is 5. The molecule has 2 aromatic rings. The largest absolute Gasteiger partial charge is 0.416 e. The third-order valence-corrected chi connectivity index (χ3v) is 4.12. The number of halogens is 2. The predicted molar refractivity (Wildman–Crippen MR) is 76.6 cm³/mol. The molecule has 0 radical (unpaired) electrons. The minimum Gasteiger partial charge on any atom is -0.416 e. The first-order valence-corrected chi connectivity index (χ1v) is 7.67. The van der Waals surface area contributed by atoms with Crippen LogP contribution in [0.1, 0.15) is 31.6 Å². The summed E-state index contributed by atoms with van der Waals surface area (Å²) in [5, 5.41) is 9.97. The highest BCUT2D eigenvalue weighted by Gasteiger charge is 2.30. The Balaban J connectivity index is 1.60. The van der Waals surface area contributed by atoms with Crippen molar-refractivity contribution in [3.05, 3.63) is 35.7 Å². The van der Waals surface area contributed by atoms with Gasteiger partial charge in [0.15, 0.2) is 0 Å². The van der Waals surface area contributed by atoms with Crippen molar-refractivity contribution < 1.29 is 18.0 Å². The lowest BCUT2D eigenvalue weighted by molar-refractivity contribution is -0.115. The minimum atomic E-state index is -0.820. The van der Waals surface area contributed by atoms with Gasteiger partial charge in [0.25, 0.3) is 5.22 Å². The quantitative estimate of drug-likeness (QED) is 0.854. The molecule has 5 nitrogen and oxygen atoms in total. The number of nitrogens with zero attached hydrogens (tertiary/aromatic N) is 2. The highest BCUT2D eigenvalue weighted by Crippen LogP contribution is 2.40. The Hall–Kier alpha value is -1.96. The van der Waals surface area contributed by atoms with Crippen molar-refractivity contribution >= 4 is 23.4 Å². The average molecular weight is 325 g/mol. The molecule has 1 aliphatic rings. The number of aromatic nitrogens is 2. The van der Waals surface area contributed by atoms with E-state index in [4.69, 9.17) is 4.42 Å². The van der Waals surface area contributed by atoms with Crippen LogP contribution in [-0.4, -0.2) is 21.4 Å². The Morgan fingerprint density at radius 3 is 2.86 bits per heavy atom. The van der Waals surface area contributed by atoms with Gasteiger partial charge in [0.2, 0.25) is 11.8 Å². The zero-order valence-electron chi connectivity index (χ0n) is 11.7. The van der Waals surface area contributed by atoms with E-state index in [2.05, 4.69) is 15.5 Å². The number of benzene rings is 1. The van der Waals surface area contributed by atoms with Crippen molar-refractivity contribution in [2.75, 3.05) is 5.32 Å². The summed E-state index contributed by atoms with van der Waals surface area (Å²) in [5.41, 5.74) is -0.0666. The molecule has 1 heterocycles. The Kier molecular flexibility index (Phi) is 4.10. The van der Waals surface area contributed by atoms with E-state index in [1.807, 2.05) is 0 Å². The van der Waals surface area contributed by atoms with Gasteiger partial charge in [-0.2, -0.15) is 0 Å². The van der Waals surface area contributed by atoms with Gasteiger partial charge in [-0.15, -0.1) is 10.2 Å². The summed E-state index contributed by atoms with van der Waals surface area (Å²) in [6, 6.07) is 2.97. The van der Waals surface area contributed by atoms with E-state index in [0.29, 0.717) is 23.1 Å². The molecular weight excluding hydrogens is 312 g/mol. The summed E-state index contributed by atoms with van der Waals surface area (Å²) < 4.78 is 31.8. The fraction of sp³-hybridized carbons (Fsp3) is 0.357. The van der Waals surface area contributed by atoms with Crippen molar-refractivity contribution in [1.29, 1.82) is 0 Å². The van der Waals surface area contributed by atoms with Gasteiger partial charge in [0.05, 0.1) is 10.9 Å². The van der Waals surface area contributed by atoms with Crippen LogP contribution in [0.2, 0.25) is 0 Å². The third kappa shape index (κ3) is 3.44. The first-order chi connectivity index (χ1) is 10.5. The Morgan fingerprint density at radius 2 is 2.18 bits per heavy atom. The summed E-state index contributed by atoms with van der Waals surface area (Å²) in [5.74, 6) is -1.00. The van der Waals surface area contributed by atoms with Crippen LogP contribution in [0.15, 0.2) is 27.8 Å². The highest BCUT2D eigenvalue weighted by molar-refractivity contribution is 8.00. The molecule has 1 amide bonds. The number of hydrogen-bond donors (Lipinski definition) is 1. The van der Waals surface area contributed by atoms with Crippen LogP contribution in [0.4, 0.5) is 14.5 Å². The molecule has 1 aromatic heterocycles. The van der Waals surface area contributed by atoms with Gasteiger partial charge in [0, 0.05) is 12.0 Å². The molecule has 1 saturated carbocycles. The molecule has 1 fully saturated rings. The molecule has 0 saturated heterocycles. The molecule has 0 aliphatic heterocycles. The number of amides is 1. The molecule has 3 rings (SSSR count). The first kappa shape index (κ1) is 15.0. The summed E-state index contributed by atoms with van der Waals surface area (Å²) >= 11 is 1.10. The van der Waals surface area contributed by atoms with Crippen LogP contribution < -0.4 is 5.32 Å². The minimum absolute atomic E-state index is 0.0666. The van der Waals surface area contributed by atoms with Crippen molar-refractivity contribution in [2.45, 2.75) is 36.2 Å². The monoisotopic (exact) mass is 325 g/mol. The highest BCUT2D eigenvalue weighted by atomic mass is 32.2. The maximum absolute atomic E-state index is 13.5. The molecule has 0 bridgehead atoms. The Morgan fingerprint density at radius 1 is 1.41 bits per heavy atom. The molecular formula is C14H13F2N3O2S. The van der Waals surface area contributed by atoms with Gasteiger partial charge < -0.3 is 9.73 Å². The van der Waals surface area contributed by atoms with Gasteiger partial charge in [0.1, 0.15) is 11.6 Å². The van der Waals surface area contributed by atoms with Crippen LogP contribution in [0, 0.1) is 11.6 Å². The average Bonchev–Trinajstić information content (AvgIpc) is 3.22. The smallest absolute Gasteiger partial charge is 0.277 e. The SMILES string of the molecule is C[C@@H](Sc1nnc(C2CC2)o1)C(=O)Nc1ccc(F)cc1F. The van der Waals surface area contributed by atoms with Crippen LogP contribution >= 0.6 is 11.8 Å². The van der Waals surface area contributed by atoms with Crippen molar-refractivity contribution in [3.63, 3.8) is 0 Å². The number of thioether (sulfide) groups is 1. The van der Waals surface area contributed by atoms with Crippen LogP contribution in [-0.2, 0) is 4.79 Å². The third-order valence-electron chi connectivity index (χ3n) is 3.18. The first-order valence-electron chi connectivity index (χ1n) is 6.79. The Bertz CT molecular complexity index is 703. The van der Waals surface area contributed by atoms with Crippen molar-refractivity contribution in [1.82, 2.24) is 10.2 Å². The molecule has 1 aliphatic carbocycles. The molecule has 0 unspecified atom stereocenters. The fourth-order valence-corrected chi connectivity index (χ4v) is 2.48. The van der Waals surface area contributed by atoms with Gasteiger partial charge in [-0.25, -0.2) is 8.78 Å². The second-order valence-electron chi connectivity index (χ2n) is 5.05. The fourth-order valence-electron chi connectivity index (χ4n) is 1.79. The standard InChI is InChI=1S/C14H13F2N3O2S/c1-7(22-14-19-18-13(21-14)8-2-3-8)12(20)17-11-5-4-9(15)6-10(11)16/h4-8H,2-3H2,1H3,(H,17,20)/t7-/m1/s1. The van der Waals surface area contributed by atoms with Crippen LogP contribution in [0.3, 0.4) is 0 Å². The van der Waals surface area contributed by atoms with Crippen LogP contribution in [0.25, 0.3) is 0 Å². The van der Waals surface area contributed by atoms with E-state index in [1.54, 1.807) is 6.92 Å². The molecule has 1 N–H and O–H groups in total. The molecule has 1 atom stereocenters. The second-order valence-corrected chi connectivity index (χ2v) is 6.35. The van der Waals surface area contributed by atoms with E-state index in [-0.39, 0.29) is 5.69 Å². The maximum atomic E-state index is 13.5. The number of carbonyl (C=O) groups is 1. The van der Waals surface area contributed by atoms with Gasteiger partial charge in [-0.1, -0.05) is 11.8 Å². The van der Waals surface area contributed by atoms with E-state index >= 15 is 0 Å². The second kappa shape index (κ2) is 6.04. The number of hydrogen-bond acceptors (Lipinski definition) is 5. The topological polar surface area (TPSA) is 68.0 Å². The molecule has 0 spiro atoms. The van der Waals surface area contributed by atoms with E-state index in [0.717, 1.165) is 30.7 Å². The number of carbonyl (C=O) groups excluding carboxylic acids is 1. The zero-order chi connectivity index (χ0) is 15.7. The Labute approximate surface area is 129 Å². The summed E-state index contributed by atoms with van der Waals surface area (Å²) in [6.45, 7) is 1.64. The molecule has 116 valence electrons. The van der Waals surface area contributed by atoms with Crippen molar-refractivity contribution in [3.8, 4) is 0 Å². The van der Waals surface area contributed by atoms with Gasteiger partial charge in [-0.3, -0.25) is 4.79 Å². The molecule has 1 aromatic carbocycles. The molecule has 22 heavy (non-hydrogen) atoms. The van der Waals surface area contributed by atoms with E-state index < -0.39 is 22.8 Å². The van der Waals surface area contributed by atoms with E-state index in [1.165, 1.54) is 6.07 Å². The van der Waals surface area contributed by atoms with Crippen molar-refractivity contribution in [2.24, 2.45) is 0 Å². The zero-order valence-corrected chi connectivity index (χ0v) is 12.5. The van der Waals surface area contributed by atoms with E-state index in [9.17, 15) is 13.6 Å². The van der Waals surface area contributed by atoms with Gasteiger partial charge in [-0.05, 0) is 31.9 Å². The summed E-state index contributed by atoms with van der Waals surface area (Å²) in [7, 11) is 0. The summed E-state index contributed by atoms with van der Waals surface area (Å²) in [4.78, 5) is 12.0. The number of nitrogens with one attached hydrogen (secondary N) is 1. The number of anilines is 1. The lowest BCUT2D eigenvalue weighted by Crippen LogP contribution is -2.23. The normalized spacial score (nSPS) is 15.6.